The van der Waals surface area contributed by atoms with E-state index >= 15 is 0 Å². The quantitative estimate of drug-likeness (QED) is 0.855. The zero-order valence-electron chi connectivity index (χ0n) is 9.54. The minimum atomic E-state index is -0.125. The largest absolute Gasteiger partial charge is 0.349 e. The first-order valence-electron chi connectivity index (χ1n) is 5.74. The minimum Gasteiger partial charge on any atom is -0.349 e. The van der Waals surface area contributed by atoms with Crippen molar-refractivity contribution in [1.82, 2.24) is 10.3 Å². The molecule has 1 aliphatic carbocycles. The molecule has 17 heavy (non-hydrogen) atoms. The van der Waals surface area contributed by atoms with E-state index in [1.165, 1.54) is 18.6 Å². The molecule has 3 nitrogen and oxygen atoms in total. The molecule has 2 rings (SSSR count). The summed E-state index contributed by atoms with van der Waals surface area (Å²) in [6.45, 7) is 2.15. The number of aromatic nitrogens is 1. The third-order valence-electron chi connectivity index (χ3n) is 2.92. The van der Waals surface area contributed by atoms with E-state index in [1.54, 1.807) is 0 Å². The lowest BCUT2D eigenvalue weighted by Gasteiger charge is -2.05. The molecule has 1 aromatic heterocycles. The van der Waals surface area contributed by atoms with Gasteiger partial charge in [0.15, 0.2) is 0 Å². The number of carbonyl (C=O) groups is 1. The van der Waals surface area contributed by atoms with E-state index in [4.69, 9.17) is 23.2 Å². The summed E-state index contributed by atoms with van der Waals surface area (Å²) in [5, 5.41) is 3.45. The Morgan fingerprint density at radius 1 is 1.47 bits per heavy atom. The van der Waals surface area contributed by atoms with Crippen LogP contribution >= 0.6 is 23.2 Å². The molecule has 5 heteroatoms. The van der Waals surface area contributed by atoms with Crippen LogP contribution in [-0.2, 0) is 0 Å². The van der Waals surface area contributed by atoms with Crippen LogP contribution in [0.15, 0.2) is 12.1 Å². The van der Waals surface area contributed by atoms with Gasteiger partial charge in [-0.3, -0.25) is 4.79 Å². The molecule has 2 atom stereocenters. The maximum Gasteiger partial charge on any atom is 0.251 e. The van der Waals surface area contributed by atoms with Gasteiger partial charge < -0.3 is 5.32 Å². The summed E-state index contributed by atoms with van der Waals surface area (Å²) in [6.07, 6.45) is 3.40. The van der Waals surface area contributed by atoms with Crippen LogP contribution in [0, 0.1) is 5.92 Å². The Balaban J connectivity index is 1.96. The van der Waals surface area contributed by atoms with Crippen molar-refractivity contribution in [2.24, 2.45) is 5.92 Å². The Kier molecular flexibility index (Phi) is 3.89. The van der Waals surface area contributed by atoms with Crippen molar-refractivity contribution in [2.45, 2.75) is 32.2 Å². The molecule has 0 radical (unpaired) electrons. The SMILES string of the molecule is CCCC1CC1NC(=O)c1cc(Cl)nc(Cl)c1. The molecule has 1 amide bonds. The third kappa shape index (κ3) is 3.33. The second-order valence-corrected chi connectivity index (χ2v) is 5.14. The van der Waals surface area contributed by atoms with E-state index < -0.39 is 0 Å². The molecule has 1 fully saturated rings. The molecule has 1 saturated carbocycles. The molecular weight excluding hydrogens is 259 g/mol. The zero-order chi connectivity index (χ0) is 12.4. The van der Waals surface area contributed by atoms with Crippen LogP contribution in [0.1, 0.15) is 36.5 Å². The summed E-state index contributed by atoms with van der Waals surface area (Å²) < 4.78 is 0. The van der Waals surface area contributed by atoms with Gasteiger partial charge in [0.1, 0.15) is 10.3 Å². The summed E-state index contributed by atoms with van der Waals surface area (Å²) in [6, 6.07) is 3.37. The first-order valence-corrected chi connectivity index (χ1v) is 6.49. The summed E-state index contributed by atoms with van der Waals surface area (Å²) in [5.41, 5.74) is 0.470. The van der Waals surface area contributed by atoms with Gasteiger partial charge >= 0.3 is 0 Å². The molecule has 1 heterocycles. The monoisotopic (exact) mass is 272 g/mol. The van der Waals surface area contributed by atoms with Crippen LogP contribution in [0.5, 0.6) is 0 Å². The molecule has 2 unspecified atom stereocenters. The van der Waals surface area contributed by atoms with Crippen molar-refractivity contribution in [3.05, 3.63) is 28.0 Å². The minimum absolute atomic E-state index is 0.125. The van der Waals surface area contributed by atoms with Gasteiger partial charge in [0, 0.05) is 11.6 Å². The van der Waals surface area contributed by atoms with E-state index in [9.17, 15) is 4.79 Å². The maximum atomic E-state index is 11.9. The number of nitrogens with one attached hydrogen (secondary N) is 1. The van der Waals surface area contributed by atoms with Gasteiger partial charge in [-0.05, 0) is 30.9 Å². The molecule has 92 valence electrons. The number of carbonyl (C=O) groups excluding carboxylic acids is 1. The number of nitrogens with zero attached hydrogens (tertiary/aromatic N) is 1. The van der Waals surface area contributed by atoms with Crippen LogP contribution in [0.3, 0.4) is 0 Å². The van der Waals surface area contributed by atoms with Crippen LogP contribution < -0.4 is 5.32 Å². The molecule has 1 N–H and O–H groups in total. The Morgan fingerprint density at radius 2 is 2.12 bits per heavy atom. The third-order valence-corrected chi connectivity index (χ3v) is 3.31. The van der Waals surface area contributed by atoms with Crippen molar-refractivity contribution >= 4 is 29.1 Å². The van der Waals surface area contributed by atoms with Gasteiger partial charge in [-0.2, -0.15) is 0 Å². The highest BCUT2D eigenvalue weighted by Gasteiger charge is 2.37. The lowest BCUT2D eigenvalue weighted by Crippen LogP contribution is -2.26. The van der Waals surface area contributed by atoms with Gasteiger partial charge in [0.05, 0.1) is 0 Å². The van der Waals surface area contributed by atoms with Crippen LogP contribution in [0.25, 0.3) is 0 Å². The summed E-state index contributed by atoms with van der Waals surface area (Å²) >= 11 is 11.5. The standard InChI is InChI=1S/C12H14Cl2N2O/c1-2-3-7-4-9(7)15-12(17)8-5-10(13)16-11(14)6-8/h5-7,9H,2-4H2,1H3,(H,15,17). The fourth-order valence-corrected chi connectivity index (χ4v) is 2.42. The molecule has 1 aliphatic rings. The summed E-state index contributed by atoms with van der Waals surface area (Å²) in [7, 11) is 0. The normalized spacial score (nSPS) is 22.3. The fraction of sp³-hybridized carbons (Fsp3) is 0.500. The molecule has 0 bridgehead atoms. The Hall–Kier alpha value is -0.800. The lowest BCUT2D eigenvalue weighted by molar-refractivity contribution is 0.0948. The molecular formula is C12H14Cl2N2O. The van der Waals surface area contributed by atoms with E-state index in [0.29, 0.717) is 17.5 Å². The van der Waals surface area contributed by atoms with Crippen molar-refractivity contribution in [3.63, 3.8) is 0 Å². The molecule has 0 aliphatic heterocycles. The lowest BCUT2D eigenvalue weighted by atomic mass is 10.2. The molecule has 0 saturated heterocycles. The van der Waals surface area contributed by atoms with Crippen molar-refractivity contribution in [2.75, 3.05) is 0 Å². The zero-order valence-corrected chi connectivity index (χ0v) is 11.1. The molecule has 0 aromatic carbocycles. The molecule has 0 spiro atoms. The van der Waals surface area contributed by atoms with Crippen LogP contribution in [-0.4, -0.2) is 16.9 Å². The summed E-state index contributed by atoms with van der Waals surface area (Å²) in [4.78, 5) is 15.7. The van der Waals surface area contributed by atoms with Crippen molar-refractivity contribution in [3.8, 4) is 0 Å². The Morgan fingerprint density at radius 3 is 2.71 bits per heavy atom. The Bertz CT molecular complexity index is 416. The summed E-state index contributed by atoms with van der Waals surface area (Å²) in [5.74, 6) is 0.511. The predicted molar refractivity (Wildman–Crippen MR) is 68.5 cm³/mol. The number of amides is 1. The van der Waals surface area contributed by atoms with Gasteiger partial charge in [0.25, 0.3) is 5.91 Å². The highest BCUT2D eigenvalue weighted by Crippen LogP contribution is 2.34. The first-order chi connectivity index (χ1) is 8.10. The van der Waals surface area contributed by atoms with Crippen molar-refractivity contribution in [1.29, 1.82) is 0 Å². The molecule has 1 aromatic rings. The van der Waals surface area contributed by atoms with Gasteiger partial charge in [-0.1, -0.05) is 36.5 Å². The van der Waals surface area contributed by atoms with Gasteiger partial charge in [-0.25, -0.2) is 4.98 Å². The highest BCUT2D eigenvalue weighted by molar-refractivity contribution is 6.33. The van der Waals surface area contributed by atoms with Crippen LogP contribution in [0.2, 0.25) is 10.3 Å². The average Bonchev–Trinajstić information content (AvgIpc) is 2.95. The van der Waals surface area contributed by atoms with E-state index in [0.717, 1.165) is 12.8 Å². The van der Waals surface area contributed by atoms with E-state index in [2.05, 4.69) is 17.2 Å². The number of pyridine rings is 1. The number of hydrogen-bond donors (Lipinski definition) is 1. The highest BCUT2D eigenvalue weighted by atomic mass is 35.5. The van der Waals surface area contributed by atoms with Crippen LogP contribution in [0.4, 0.5) is 0 Å². The number of hydrogen-bond acceptors (Lipinski definition) is 2. The van der Waals surface area contributed by atoms with Crippen molar-refractivity contribution < 1.29 is 4.79 Å². The number of halogens is 2. The Labute approximate surface area is 111 Å². The number of rotatable bonds is 4. The second-order valence-electron chi connectivity index (χ2n) is 4.37. The average molecular weight is 273 g/mol. The first kappa shape index (κ1) is 12.7. The van der Waals surface area contributed by atoms with Gasteiger partial charge in [0.2, 0.25) is 0 Å². The predicted octanol–water partition coefficient (Wildman–Crippen LogP) is 3.31. The fourth-order valence-electron chi connectivity index (χ4n) is 1.96. The van der Waals surface area contributed by atoms with Gasteiger partial charge in [-0.15, -0.1) is 0 Å². The maximum absolute atomic E-state index is 11.9. The topological polar surface area (TPSA) is 42.0 Å². The van der Waals surface area contributed by atoms with E-state index in [1.807, 2.05) is 0 Å². The van der Waals surface area contributed by atoms with E-state index in [-0.39, 0.29) is 16.2 Å². The smallest absolute Gasteiger partial charge is 0.251 e. The second kappa shape index (κ2) is 5.23.